The van der Waals surface area contributed by atoms with Crippen LogP contribution in [0.5, 0.6) is 0 Å². The molecule has 0 aromatic heterocycles. The fraction of sp³-hybridized carbons (Fsp3) is 0.533. The molecule has 4 nitrogen and oxygen atoms in total. The van der Waals surface area contributed by atoms with Crippen LogP contribution in [0.4, 0.5) is 8.78 Å². The second kappa shape index (κ2) is 11.2. The van der Waals surface area contributed by atoms with Crippen LogP contribution in [0.2, 0.25) is 0 Å². The Balaban J connectivity index is 0.000000211. The molecule has 1 unspecified atom stereocenters. The van der Waals surface area contributed by atoms with Crippen molar-refractivity contribution in [2.24, 2.45) is 5.92 Å². The van der Waals surface area contributed by atoms with Gasteiger partial charge in [0.05, 0.1) is 6.61 Å². The molecule has 1 saturated heterocycles. The Morgan fingerprint density at radius 1 is 1.33 bits per heavy atom. The maximum absolute atomic E-state index is 11.5. The van der Waals surface area contributed by atoms with E-state index in [2.05, 4.69) is 14.8 Å². The molecule has 1 aromatic rings. The number of ether oxygens (including phenoxy) is 2. The average molecular weight is 301 g/mol. The van der Waals surface area contributed by atoms with Gasteiger partial charge in [-0.3, -0.25) is 4.79 Å². The van der Waals surface area contributed by atoms with Crippen molar-refractivity contribution in [3.63, 3.8) is 0 Å². The predicted molar refractivity (Wildman–Crippen MR) is 74.8 cm³/mol. The number of carbonyl (C=O) groups excluding carboxylic acids is 1. The molecule has 1 aromatic carbocycles. The summed E-state index contributed by atoms with van der Waals surface area (Å²) < 4.78 is 31.8. The molecule has 0 saturated carbocycles. The molecule has 1 N–H and O–H groups in total. The van der Waals surface area contributed by atoms with E-state index in [-0.39, 0.29) is 12.5 Å². The summed E-state index contributed by atoms with van der Waals surface area (Å²) in [6.07, 6.45) is 2.07. The summed E-state index contributed by atoms with van der Waals surface area (Å²) in [7, 11) is 0. The SMILES string of the molecule is FC(F)OCC1CCCNC1.O=COCc1ccccc1. The lowest BCUT2D eigenvalue weighted by Gasteiger charge is -2.21. The lowest BCUT2D eigenvalue weighted by molar-refractivity contribution is -0.139. The van der Waals surface area contributed by atoms with Crippen molar-refractivity contribution in [3.8, 4) is 0 Å². The van der Waals surface area contributed by atoms with Gasteiger partial charge in [0.2, 0.25) is 0 Å². The van der Waals surface area contributed by atoms with Gasteiger partial charge in [0.1, 0.15) is 6.61 Å². The summed E-state index contributed by atoms with van der Waals surface area (Å²) in [5, 5.41) is 3.13. The number of hydrogen-bond donors (Lipinski definition) is 1. The molecule has 21 heavy (non-hydrogen) atoms. The van der Waals surface area contributed by atoms with Gasteiger partial charge in [-0.25, -0.2) is 0 Å². The minimum Gasteiger partial charge on any atom is -0.463 e. The third-order valence-electron chi connectivity index (χ3n) is 3.02. The number of alkyl halides is 2. The molecular formula is C15H21F2NO3. The Hall–Kier alpha value is -1.53. The molecule has 0 spiro atoms. The maximum atomic E-state index is 11.5. The van der Waals surface area contributed by atoms with Gasteiger partial charge in [-0.05, 0) is 30.9 Å². The zero-order valence-electron chi connectivity index (χ0n) is 11.8. The van der Waals surface area contributed by atoms with Gasteiger partial charge in [0.15, 0.2) is 0 Å². The van der Waals surface area contributed by atoms with Gasteiger partial charge >= 0.3 is 6.61 Å². The van der Waals surface area contributed by atoms with E-state index in [4.69, 9.17) is 0 Å². The van der Waals surface area contributed by atoms with Crippen molar-refractivity contribution in [2.75, 3.05) is 19.7 Å². The number of benzene rings is 1. The standard InChI is InChI=1S/C8H8O2.C7H13F2NO/c9-7-10-6-8-4-2-1-3-5-8;8-7(9)11-5-6-2-1-3-10-4-6/h1-5,7H,6H2;6-7,10H,1-5H2. The first kappa shape index (κ1) is 17.5. The molecule has 6 heteroatoms. The fourth-order valence-electron chi connectivity index (χ4n) is 1.98. The highest BCUT2D eigenvalue weighted by molar-refractivity contribution is 5.37. The monoisotopic (exact) mass is 301 g/mol. The van der Waals surface area contributed by atoms with Crippen LogP contribution in [0.15, 0.2) is 30.3 Å². The Kier molecular flexibility index (Phi) is 9.32. The molecule has 0 amide bonds. The smallest absolute Gasteiger partial charge is 0.345 e. The molecule has 1 atom stereocenters. The van der Waals surface area contributed by atoms with Crippen molar-refractivity contribution in [3.05, 3.63) is 35.9 Å². The summed E-state index contributed by atoms with van der Waals surface area (Å²) in [6, 6.07) is 9.55. The quantitative estimate of drug-likeness (QED) is 0.821. The zero-order chi connectivity index (χ0) is 15.3. The maximum Gasteiger partial charge on any atom is 0.345 e. The van der Waals surface area contributed by atoms with Gasteiger partial charge < -0.3 is 14.8 Å². The van der Waals surface area contributed by atoms with E-state index < -0.39 is 6.61 Å². The minimum absolute atomic E-state index is 0.185. The van der Waals surface area contributed by atoms with Crippen molar-refractivity contribution in [1.29, 1.82) is 0 Å². The molecular weight excluding hydrogens is 280 g/mol. The Labute approximate surface area is 123 Å². The van der Waals surface area contributed by atoms with E-state index in [0.717, 1.165) is 31.5 Å². The summed E-state index contributed by atoms with van der Waals surface area (Å²) in [5.74, 6) is 0.276. The van der Waals surface area contributed by atoms with Crippen LogP contribution in [0.1, 0.15) is 18.4 Å². The largest absolute Gasteiger partial charge is 0.463 e. The van der Waals surface area contributed by atoms with Crippen LogP contribution in [0.25, 0.3) is 0 Å². The molecule has 1 fully saturated rings. The molecule has 118 valence electrons. The van der Waals surface area contributed by atoms with E-state index in [9.17, 15) is 13.6 Å². The molecule has 2 rings (SSSR count). The van der Waals surface area contributed by atoms with Crippen LogP contribution in [0.3, 0.4) is 0 Å². The first-order valence-electron chi connectivity index (χ1n) is 6.92. The van der Waals surface area contributed by atoms with Crippen LogP contribution >= 0.6 is 0 Å². The van der Waals surface area contributed by atoms with Crippen LogP contribution in [-0.4, -0.2) is 32.8 Å². The Morgan fingerprint density at radius 3 is 2.67 bits per heavy atom. The summed E-state index contributed by atoms with van der Waals surface area (Å²) in [4.78, 5) is 9.76. The van der Waals surface area contributed by atoms with Crippen LogP contribution in [0, 0.1) is 5.92 Å². The molecule has 1 aliphatic heterocycles. The third-order valence-corrected chi connectivity index (χ3v) is 3.02. The topological polar surface area (TPSA) is 47.6 Å². The number of rotatable bonds is 6. The number of nitrogens with one attached hydrogen (secondary N) is 1. The first-order valence-corrected chi connectivity index (χ1v) is 6.92. The zero-order valence-corrected chi connectivity index (χ0v) is 11.8. The van der Waals surface area contributed by atoms with Crippen LogP contribution in [-0.2, 0) is 20.9 Å². The average Bonchev–Trinajstić information content (AvgIpc) is 2.53. The first-order chi connectivity index (χ1) is 10.2. The van der Waals surface area contributed by atoms with Crippen molar-refractivity contribution in [2.45, 2.75) is 26.1 Å². The minimum atomic E-state index is -2.61. The molecule has 0 aliphatic carbocycles. The molecule has 0 bridgehead atoms. The second-order valence-corrected chi connectivity index (χ2v) is 4.70. The summed E-state index contributed by atoms with van der Waals surface area (Å²) in [5.41, 5.74) is 1.01. The summed E-state index contributed by atoms with van der Waals surface area (Å²) in [6.45, 7) is 0.205. The van der Waals surface area contributed by atoms with Gasteiger partial charge in [-0.1, -0.05) is 30.3 Å². The van der Waals surface area contributed by atoms with Gasteiger partial charge in [-0.15, -0.1) is 0 Å². The molecule has 1 aliphatic rings. The van der Waals surface area contributed by atoms with E-state index in [1.165, 1.54) is 0 Å². The van der Waals surface area contributed by atoms with Crippen LogP contribution < -0.4 is 5.32 Å². The Morgan fingerprint density at radius 2 is 2.10 bits per heavy atom. The van der Waals surface area contributed by atoms with Gasteiger partial charge in [0, 0.05) is 6.54 Å². The third kappa shape index (κ3) is 9.10. The Bertz CT molecular complexity index is 370. The molecule has 1 heterocycles. The highest BCUT2D eigenvalue weighted by Gasteiger charge is 2.14. The van der Waals surface area contributed by atoms with Crippen molar-refractivity contribution < 1.29 is 23.0 Å². The number of halogens is 2. The highest BCUT2D eigenvalue weighted by Crippen LogP contribution is 2.11. The lowest BCUT2D eigenvalue weighted by atomic mass is 10.0. The van der Waals surface area contributed by atoms with Crippen molar-refractivity contribution in [1.82, 2.24) is 5.32 Å². The lowest BCUT2D eigenvalue weighted by Crippen LogP contribution is -2.32. The fourth-order valence-corrected chi connectivity index (χ4v) is 1.98. The normalized spacial score (nSPS) is 17.8. The van der Waals surface area contributed by atoms with E-state index in [1.807, 2.05) is 30.3 Å². The number of piperidine rings is 1. The van der Waals surface area contributed by atoms with Gasteiger partial charge in [0.25, 0.3) is 6.47 Å². The second-order valence-electron chi connectivity index (χ2n) is 4.70. The molecule has 0 radical (unpaired) electrons. The van der Waals surface area contributed by atoms with Gasteiger partial charge in [-0.2, -0.15) is 8.78 Å². The van der Waals surface area contributed by atoms with E-state index in [0.29, 0.717) is 13.1 Å². The number of carbonyl (C=O) groups is 1. The van der Waals surface area contributed by atoms with Crippen molar-refractivity contribution >= 4 is 6.47 Å². The highest BCUT2D eigenvalue weighted by atomic mass is 19.3. The van der Waals surface area contributed by atoms with E-state index in [1.54, 1.807) is 0 Å². The summed E-state index contributed by atoms with van der Waals surface area (Å²) >= 11 is 0. The van der Waals surface area contributed by atoms with E-state index >= 15 is 0 Å². The predicted octanol–water partition coefficient (Wildman–Crippen LogP) is 2.58. The number of hydrogen-bond acceptors (Lipinski definition) is 4.